The minimum atomic E-state index is -1.02. The second-order valence-electron chi connectivity index (χ2n) is 4.36. The maximum Gasteiger partial charge on any atom is 0.192 e. The molecule has 0 aliphatic carbocycles. The number of benzene rings is 1. The van der Waals surface area contributed by atoms with Gasteiger partial charge in [-0.3, -0.25) is 4.79 Å². The van der Waals surface area contributed by atoms with E-state index in [4.69, 9.17) is 0 Å². The van der Waals surface area contributed by atoms with Crippen molar-refractivity contribution in [3.8, 4) is 0 Å². The number of fused-ring (bicyclic) bond motifs is 1. The van der Waals surface area contributed by atoms with Gasteiger partial charge in [-0.25, -0.2) is 4.98 Å². The van der Waals surface area contributed by atoms with Crippen LogP contribution in [0.2, 0.25) is 0 Å². The standard InChI is InChI=1S/C13H17N3O2/c1-8-15-10-6-9(4-5-11(10)16(8)3)13(18)12(17)7-14-2/h4-6,12,14,17H,7H2,1-3H3. The average molecular weight is 247 g/mol. The maximum absolute atomic E-state index is 11.9. The molecule has 0 bridgehead atoms. The predicted octanol–water partition coefficient (Wildman–Crippen LogP) is 0.645. The molecule has 1 atom stereocenters. The van der Waals surface area contributed by atoms with Crippen LogP contribution in [0.5, 0.6) is 0 Å². The summed E-state index contributed by atoms with van der Waals surface area (Å²) in [4.78, 5) is 16.3. The number of rotatable bonds is 4. The number of likely N-dealkylation sites (N-methyl/N-ethyl adjacent to an activating group) is 1. The van der Waals surface area contributed by atoms with Gasteiger partial charge >= 0.3 is 0 Å². The predicted molar refractivity (Wildman–Crippen MR) is 69.7 cm³/mol. The molecule has 1 aromatic carbocycles. The summed E-state index contributed by atoms with van der Waals surface area (Å²) >= 11 is 0. The van der Waals surface area contributed by atoms with Crippen LogP contribution in [0.4, 0.5) is 0 Å². The molecule has 2 aromatic rings. The first-order valence-electron chi connectivity index (χ1n) is 5.84. The maximum atomic E-state index is 11.9. The van der Waals surface area contributed by atoms with Crippen molar-refractivity contribution in [3.05, 3.63) is 29.6 Å². The number of hydrogen-bond donors (Lipinski definition) is 2. The fraction of sp³-hybridized carbons (Fsp3) is 0.385. The topological polar surface area (TPSA) is 67.2 Å². The number of nitrogens with zero attached hydrogens (tertiary/aromatic N) is 2. The molecule has 0 saturated carbocycles. The Bertz CT molecular complexity index is 589. The third-order valence-corrected chi connectivity index (χ3v) is 3.09. The van der Waals surface area contributed by atoms with E-state index in [2.05, 4.69) is 10.3 Å². The van der Waals surface area contributed by atoms with Crippen LogP contribution in [0.25, 0.3) is 11.0 Å². The average Bonchev–Trinajstić information content (AvgIpc) is 2.64. The molecule has 0 fully saturated rings. The summed E-state index contributed by atoms with van der Waals surface area (Å²) in [5.74, 6) is 0.611. The number of aryl methyl sites for hydroxylation is 2. The zero-order valence-electron chi connectivity index (χ0n) is 10.8. The number of Topliss-reactive ketones (excluding diaryl/α,β-unsaturated/α-hetero) is 1. The van der Waals surface area contributed by atoms with Crippen LogP contribution in [0.1, 0.15) is 16.2 Å². The summed E-state index contributed by atoms with van der Waals surface area (Å²) in [6.45, 7) is 2.16. The first-order valence-corrected chi connectivity index (χ1v) is 5.84. The Morgan fingerprint density at radius 1 is 1.56 bits per heavy atom. The lowest BCUT2D eigenvalue weighted by Crippen LogP contribution is -2.31. The summed E-state index contributed by atoms with van der Waals surface area (Å²) in [6, 6.07) is 5.31. The van der Waals surface area contributed by atoms with Crippen LogP contribution in [-0.2, 0) is 7.05 Å². The fourth-order valence-electron chi connectivity index (χ4n) is 1.95. The lowest BCUT2D eigenvalue weighted by atomic mass is 10.1. The number of carbonyl (C=O) groups excluding carboxylic acids is 1. The van der Waals surface area contributed by atoms with Crippen molar-refractivity contribution in [1.29, 1.82) is 0 Å². The van der Waals surface area contributed by atoms with E-state index in [-0.39, 0.29) is 12.3 Å². The lowest BCUT2D eigenvalue weighted by Gasteiger charge is -2.08. The van der Waals surface area contributed by atoms with E-state index in [9.17, 15) is 9.90 Å². The van der Waals surface area contributed by atoms with Gasteiger partial charge in [-0.05, 0) is 32.2 Å². The number of nitrogens with one attached hydrogen (secondary N) is 1. The zero-order chi connectivity index (χ0) is 13.3. The van der Waals surface area contributed by atoms with Crippen LogP contribution in [0.3, 0.4) is 0 Å². The molecule has 0 radical (unpaired) electrons. The lowest BCUT2D eigenvalue weighted by molar-refractivity contribution is 0.0750. The molecule has 0 amide bonds. The molecule has 2 rings (SSSR count). The second-order valence-corrected chi connectivity index (χ2v) is 4.36. The smallest absolute Gasteiger partial charge is 0.192 e. The van der Waals surface area contributed by atoms with Gasteiger partial charge in [-0.1, -0.05) is 0 Å². The van der Waals surface area contributed by atoms with Crippen LogP contribution >= 0.6 is 0 Å². The summed E-state index contributed by atoms with van der Waals surface area (Å²) in [7, 11) is 3.63. The highest BCUT2D eigenvalue weighted by atomic mass is 16.3. The summed E-state index contributed by atoms with van der Waals surface area (Å²) in [5.41, 5.74) is 2.24. The Morgan fingerprint density at radius 2 is 2.28 bits per heavy atom. The van der Waals surface area contributed by atoms with Gasteiger partial charge in [-0.15, -0.1) is 0 Å². The number of carbonyl (C=O) groups is 1. The number of aliphatic hydroxyl groups is 1. The summed E-state index contributed by atoms with van der Waals surface area (Å²) in [5, 5.41) is 12.4. The van der Waals surface area contributed by atoms with Gasteiger partial charge in [0.1, 0.15) is 11.9 Å². The number of aliphatic hydroxyl groups excluding tert-OH is 1. The van der Waals surface area contributed by atoms with Gasteiger partial charge in [0, 0.05) is 19.2 Å². The van der Waals surface area contributed by atoms with Crippen molar-refractivity contribution >= 4 is 16.8 Å². The third-order valence-electron chi connectivity index (χ3n) is 3.09. The number of ketones is 1. The summed E-state index contributed by atoms with van der Waals surface area (Å²) < 4.78 is 1.97. The van der Waals surface area contributed by atoms with Crippen molar-refractivity contribution in [3.63, 3.8) is 0 Å². The van der Waals surface area contributed by atoms with Crippen LogP contribution < -0.4 is 5.32 Å². The Kier molecular flexibility index (Phi) is 3.45. The molecule has 5 nitrogen and oxygen atoms in total. The zero-order valence-corrected chi connectivity index (χ0v) is 10.8. The Labute approximate surface area is 105 Å². The molecule has 18 heavy (non-hydrogen) atoms. The minimum Gasteiger partial charge on any atom is -0.384 e. The van der Waals surface area contributed by atoms with E-state index in [1.165, 1.54) is 0 Å². The van der Waals surface area contributed by atoms with E-state index in [1.54, 1.807) is 19.2 Å². The van der Waals surface area contributed by atoms with Crippen molar-refractivity contribution in [2.45, 2.75) is 13.0 Å². The molecule has 0 spiro atoms. The minimum absolute atomic E-state index is 0.248. The van der Waals surface area contributed by atoms with Crippen LogP contribution in [0.15, 0.2) is 18.2 Å². The summed E-state index contributed by atoms with van der Waals surface area (Å²) in [6.07, 6.45) is -1.02. The van der Waals surface area contributed by atoms with E-state index < -0.39 is 6.10 Å². The molecule has 96 valence electrons. The highest BCUT2D eigenvalue weighted by Crippen LogP contribution is 2.17. The van der Waals surface area contributed by atoms with E-state index in [0.717, 1.165) is 16.9 Å². The SMILES string of the molecule is CNCC(O)C(=O)c1ccc2c(c1)nc(C)n2C. The Hall–Kier alpha value is -1.72. The van der Waals surface area contributed by atoms with E-state index in [1.807, 2.05) is 24.6 Å². The molecule has 0 aliphatic heterocycles. The van der Waals surface area contributed by atoms with Gasteiger partial charge in [0.25, 0.3) is 0 Å². The molecule has 1 heterocycles. The number of imidazole rings is 1. The van der Waals surface area contributed by atoms with Crippen LogP contribution in [0, 0.1) is 6.92 Å². The monoisotopic (exact) mass is 247 g/mol. The molecular weight excluding hydrogens is 230 g/mol. The van der Waals surface area contributed by atoms with Gasteiger partial charge in [0.15, 0.2) is 5.78 Å². The molecule has 0 saturated heterocycles. The van der Waals surface area contributed by atoms with Crippen molar-refractivity contribution < 1.29 is 9.90 Å². The number of hydrogen-bond acceptors (Lipinski definition) is 4. The quantitative estimate of drug-likeness (QED) is 0.778. The first kappa shape index (κ1) is 12.7. The first-order chi connectivity index (χ1) is 8.54. The van der Waals surface area contributed by atoms with E-state index >= 15 is 0 Å². The molecule has 0 aliphatic rings. The number of aromatic nitrogens is 2. The largest absolute Gasteiger partial charge is 0.384 e. The van der Waals surface area contributed by atoms with Crippen molar-refractivity contribution in [2.24, 2.45) is 7.05 Å². The highest BCUT2D eigenvalue weighted by Gasteiger charge is 2.17. The van der Waals surface area contributed by atoms with Crippen molar-refractivity contribution in [1.82, 2.24) is 14.9 Å². The molecule has 5 heteroatoms. The molecule has 1 aromatic heterocycles. The molecule has 2 N–H and O–H groups in total. The fourth-order valence-corrected chi connectivity index (χ4v) is 1.95. The van der Waals surface area contributed by atoms with Crippen molar-refractivity contribution in [2.75, 3.05) is 13.6 Å². The van der Waals surface area contributed by atoms with Gasteiger partial charge < -0.3 is 15.0 Å². The highest BCUT2D eigenvalue weighted by molar-refractivity contribution is 6.01. The van der Waals surface area contributed by atoms with E-state index in [0.29, 0.717) is 5.56 Å². The molecule has 1 unspecified atom stereocenters. The Morgan fingerprint density at radius 3 is 2.94 bits per heavy atom. The third kappa shape index (κ3) is 2.14. The Balaban J connectivity index is 2.38. The van der Waals surface area contributed by atoms with Gasteiger partial charge in [0.05, 0.1) is 11.0 Å². The molecular formula is C13H17N3O2. The van der Waals surface area contributed by atoms with Crippen LogP contribution in [-0.4, -0.2) is 40.1 Å². The van der Waals surface area contributed by atoms with Gasteiger partial charge in [0.2, 0.25) is 0 Å². The van der Waals surface area contributed by atoms with Gasteiger partial charge in [-0.2, -0.15) is 0 Å². The normalized spacial score (nSPS) is 12.9. The second kappa shape index (κ2) is 4.88.